The molecule has 0 saturated carbocycles. The Kier molecular flexibility index (Phi) is 4.02. The highest BCUT2D eigenvalue weighted by Crippen LogP contribution is 2.27. The normalized spacial score (nSPS) is 20.8. The molecule has 30 heavy (non-hydrogen) atoms. The minimum atomic E-state index is 0.209. The lowest BCUT2D eigenvalue weighted by Crippen LogP contribution is -2.46. The summed E-state index contributed by atoms with van der Waals surface area (Å²) in [7, 11) is 0. The van der Waals surface area contributed by atoms with Gasteiger partial charge in [-0.3, -0.25) is 9.97 Å². The van der Waals surface area contributed by atoms with Gasteiger partial charge in [0.1, 0.15) is 5.82 Å². The third-order valence-electron chi connectivity index (χ3n) is 6.18. The summed E-state index contributed by atoms with van der Waals surface area (Å²) < 4.78 is 1.91. The summed E-state index contributed by atoms with van der Waals surface area (Å²) in [5.41, 5.74) is 4.07. The Balaban J connectivity index is 1.57. The first kappa shape index (κ1) is 17.5. The van der Waals surface area contributed by atoms with Gasteiger partial charge in [-0.15, -0.1) is 0 Å². The minimum Gasteiger partial charge on any atom is -0.355 e. The standard InChI is InChI=1S/C23H23N7/c1-15-16-8-17(11-24-10-16)20-9-21-18(12-25-20)13-26-30(21)23-6-2-5-22(28-23)29-7-3-4-19(14-29)27-15/h2,5-6,8-13,15,19,27H,3-4,7,14H2,1H3/t15?,19-/m0/s1. The Hall–Kier alpha value is -3.32. The van der Waals surface area contributed by atoms with Crippen LogP contribution in [-0.4, -0.2) is 43.9 Å². The Bertz CT molecular complexity index is 1230. The summed E-state index contributed by atoms with van der Waals surface area (Å²) in [6, 6.07) is 11.1. The van der Waals surface area contributed by atoms with Crippen molar-refractivity contribution < 1.29 is 0 Å². The molecule has 0 spiro atoms. The number of pyridine rings is 3. The van der Waals surface area contributed by atoms with Crippen LogP contribution in [0.4, 0.5) is 5.82 Å². The van der Waals surface area contributed by atoms with Crippen LogP contribution in [0.25, 0.3) is 28.0 Å². The van der Waals surface area contributed by atoms with Crippen LogP contribution in [0.2, 0.25) is 0 Å². The van der Waals surface area contributed by atoms with Gasteiger partial charge in [0.05, 0.1) is 17.4 Å². The van der Waals surface area contributed by atoms with Gasteiger partial charge in [-0.1, -0.05) is 6.07 Å². The van der Waals surface area contributed by atoms with Gasteiger partial charge in [0.25, 0.3) is 0 Å². The minimum absolute atomic E-state index is 0.209. The molecule has 2 aliphatic heterocycles. The van der Waals surface area contributed by atoms with Crippen molar-refractivity contribution in [1.82, 2.24) is 30.0 Å². The van der Waals surface area contributed by atoms with Crippen molar-refractivity contribution in [3.63, 3.8) is 0 Å². The molecule has 2 aliphatic rings. The van der Waals surface area contributed by atoms with Crippen LogP contribution in [-0.2, 0) is 0 Å². The number of rotatable bonds is 0. The van der Waals surface area contributed by atoms with Crippen LogP contribution in [0.15, 0.2) is 55.1 Å². The second-order valence-corrected chi connectivity index (χ2v) is 8.22. The van der Waals surface area contributed by atoms with E-state index in [1.807, 2.05) is 35.5 Å². The van der Waals surface area contributed by atoms with Crippen molar-refractivity contribution in [2.45, 2.75) is 31.8 Å². The second kappa shape index (κ2) is 6.88. The molecule has 1 N–H and O–H groups in total. The summed E-state index contributed by atoms with van der Waals surface area (Å²) in [6.45, 7) is 4.17. The van der Waals surface area contributed by atoms with Crippen LogP contribution in [0, 0.1) is 0 Å². The Morgan fingerprint density at radius 2 is 2.00 bits per heavy atom. The molecule has 6 rings (SSSR count). The monoisotopic (exact) mass is 397 g/mol. The smallest absolute Gasteiger partial charge is 0.156 e. The summed E-state index contributed by atoms with van der Waals surface area (Å²) in [5.74, 6) is 1.83. The van der Waals surface area contributed by atoms with E-state index in [4.69, 9.17) is 4.98 Å². The number of anilines is 1. The fourth-order valence-corrected chi connectivity index (χ4v) is 4.57. The predicted molar refractivity (Wildman–Crippen MR) is 117 cm³/mol. The highest BCUT2D eigenvalue weighted by Gasteiger charge is 2.23. The molecule has 4 aromatic heterocycles. The highest BCUT2D eigenvalue weighted by molar-refractivity contribution is 5.83. The van der Waals surface area contributed by atoms with Crippen molar-refractivity contribution in [2.24, 2.45) is 0 Å². The topological polar surface area (TPSA) is 71.8 Å². The summed E-state index contributed by atoms with van der Waals surface area (Å²) >= 11 is 0. The van der Waals surface area contributed by atoms with Gasteiger partial charge < -0.3 is 10.2 Å². The van der Waals surface area contributed by atoms with Crippen molar-refractivity contribution in [3.05, 3.63) is 60.7 Å². The van der Waals surface area contributed by atoms with Gasteiger partial charge in [-0.05, 0) is 49.6 Å². The largest absolute Gasteiger partial charge is 0.355 e. The molecular formula is C23H23N7. The first-order valence-corrected chi connectivity index (χ1v) is 10.5. The van der Waals surface area contributed by atoms with Crippen LogP contribution >= 0.6 is 0 Å². The van der Waals surface area contributed by atoms with Crippen LogP contribution in [0.3, 0.4) is 0 Å². The summed E-state index contributed by atoms with van der Waals surface area (Å²) in [5, 5.41) is 9.41. The maximum atomic E-state index is 4.97. The number of fused-ring (bicyclic) bond motifs is 10. The van der Waals surface area contributed by atoms with Gasteiger partial charge in [0.15, 0.2) is 5.82 Å². The molecule has 0 amide bonds. The number of aromatic nitrogens is 5. The van der Waals surface area contributed by atoms with Crippen molar-refractivity contribution >= 4 is 16.7 Å². The zero-order valence-corrected chi connectivity index (χ0v) is 16.9. The maximum Gasteiger partial charge on any atom is 0.156 e. The molecule has 0 aromatic carbocycles. The van der Waals surface area contributed by atoms with Crippen molar-refractivity contribution in [3.8, 4) is 17.1 Å². The van der Waals surface area contributed by atoms with Crippen LogP contribution in [0.1, 0.15) is 31.4 Å². The van der Waals surface area contributed by atoms with E-state index in [9.17, 15) is 0 Å². The number of nitrogens with one attached hydrogen (secondary N) is 1. The average Bonchev–Trinajstić information content (AvgIpc) is 3.22. The summed E-state index contributed by atoms with van der Waals surface area (Å²) in [4.78, 5) is 16.5. The molecule has 1 fully saturated rings. The van der Waals surface area contributed by atoms with E-state index in [2.05, 4.69) is 56.5 Å². The Morgan fingerprint density at radius 3 is 2.97 bits per heavy atom. The van der Waals surface area contributed by atoms with E-state index >= 15 is 0 Å². The fraction of sp³-hybridized carbons (Fsp3) is 0.304. The van der Waals surface area contributed by atoms with E-state index in [1.165, 1.54) is 5.56 Å². The quantitative estimate of drug-likeness (QED) is 0.490. The zero-order chi connectivity index (χ0) is 20.1. The molecule has 150 valence electrons. The molecule has 7 heteroatoms. The van der Waals surface area contributed by atoms with Crippen molar-refractivity contribution in [1.29, 1.82) is 0 Å². The van der Waals surface area contributed by atoms with Crippen LogP contribution in [0.5, 0.6) is 0 Å². The second-order valence-electron chi connectivity index (χ2n) is 8.22. The molecule has 1 saturated heterocycles. The zero-order valence-electron chi connectivity index (χ0n) is 16.9. The Labute approximate surface area is 174 Å². The van der Waals surface area contributed by atoms with Gasteiger partial charge in [-0.2, -0.15) is 5.10 Å². The lowest BCUT2D eigenvalue weighted by Gasteiger charge is -2.35. The lowest BCUT2D eigenvalue weighted by molar-refractivity contribution is 0.387. The first-order chi connectivity index (χ1) is 14.7. The number of nitrogens with zero attached hydrogens (tertiary/aromatic N) is 6. The first-order valence-electron chi connectivity index (χ1n) is 10.5. The maximum absolute atomic E-state index is 4.97. The molecule has 6 heterocycles. The third-order valence-corrected chi connectivity index (χ3v) is 6.18. The molecule has 7 nitrogen and oxygen atoms in total. The van der Waals surface area contributed by atoms with Gasteiger partial charge >= 0.3 is 0 Å². The Morgan fingerprint density at radius 1 is 1.07 bits per heavy atom. The van der Waals surface area contributed by atoms with Crippen LogP contribution < -0.4 is 10.2 Å². The number of hydrogen-bond acceptors (Lipinski definition) is 6. The SMILES string of the molecule is CC1N[C@H]2CCCN(C2)c2cccc(n2)-n2ncc3cnc(cc32)-c2cncc1c2. The third kappa shape index (κ3) is 2.93. The number of piperidine rings is 1. The molecule has 8 bridgehead atoms. The number of hydrogen-bond donors (Lipinski definition) is 1. The van der Waals surface area contributed by atoms with E-state index in [0.717, 1.165) is 59.7 Å². The fourth-order valence-electron chi connectivity index (χ4n) is 4.57. The lowest BCUT2D eigenvalue weighted by atomic mass is 10.0. The molecule has 0 radical (unpaired) electrons. The van der Waals surface area contributed by atoms with E-state index < -0.39 is 0 Å². The van der Waals surface area contributed by atoms with E-state index in [1.54, 1.807) is 0 Å². The van der Waals surface area contributed by atoms with Crippen molar-refractivity contribution in [2.75, 3.05) is 18.0 Å². The van der Waals surface area contributed by atoms with Gasteiger partial charge in [0, 0.05) is 54.7 Å². The average molecular weight is 397 g/mol. The molecule has 2 atom stereocenters. The molecular weight excluding hydrogens is 374 g/mol. The molecule has 4 aromatic rings. The van der Waals surface area contributed by atoms with Gasteiger partial charge in [-0.25, -0.2) is 9.67 Å². The predicted octanol–water partition coefficient (Wildman–Crippen LogP) is 3.51. The molecule has 0 aliphatic carbocycles. The van der Waals surface area contributed by atoms with E-state index in [-0.39, 0.29) is 6.04 Å². The summed E-state index contributed by atoms with van der Waals surface area (Å²) in [6.07, 6.45) is 9.86. The molecule has 1 unspecified atom stereocenters. The highest BCUT2D eigenvalue weighted by atomic mass is 15.3. The van der Waals surface area contributed by atoms with E-state index in [0.29, 0.717) is 6.04 Å². The van der Waals surface area contributed by atoms with Gasteiger partial charge in [0.2, 0.25) is 0 Å².